The van der Waals surface area contributed by atoms with Crippen LogP contribution in [0.3, 0.4) is 0 Å². The van der Waals surface area contributed by atoms with E-state index in [2.05, 4.69) is 10.6 Å². The molecule has 9 nitrogen and oxygen atoms in total. The van der Waals surface area contributed by atoms with Crippen molar-refractivity contribution in [2.24, 2.45) is 5.92 Å². The Hall–Kier alpha value is -3.21. The molecule has 2 fully saturated rings. The van der Waals surface area contributed by atoms with Crippen LogP contribution < -0.4 is 10.6 Å². The summed E-state index contributed by atoms with van der Waals surface area (Å²) >= 11 is 5.92. The normalized spacial score (nSPS) is 18.1. The van der Waals surface area contributed by atoms with Crippen LogP contribution in [-0.2, 0) is 24.4 Å². The van der Waals surface area contributed by atoms with Gasteiger partial charge < -0.3 is 29.7 Å². The highest BCUT2D eigenvalue weighted by Crippen LogP contribution is 2.40. The standard InChI is InChI=1S/C29H35ClFN3O6/c1-17(2)19-8-6-7-9-21(19)29(26(36)33-24-11-23(31)22(30)10-20(24)25(35)32-5)15-34(16-29)27(37)38-12-18-13-39-28(3,4)40-14-18/h6-11,17-18H,12-16H2,1-5H3,(H,32,35)(H,33,36). The van der Waals surface area contributed by atoms with Crippen molar-refractivity contribution in [3.63, 3.8) is 0 Å². The number of hydrogen-bond acceptors (Lipinski definition) is 6. The van der Waals surface area contributed by atoms with Gasteiger partial charge in [-0.2, -0.15) is 0 Å². The first-order valence-electron chi connectivity index (χ1n) is 13.2. The third-order valence-corrected chi connectivity index (χ3v) is 7.56. The number of amides is 3. The van der Waals surface area contributed by atoms with Crippen molar-refractivity contribution in [3.8, 4) is 0 Å². The molecule has 2 saturated heterocycles. The molecule has 0 radical (unpaired) electrons. The van der Waals surface area contributed by atoms with Gasteiger partial charge in [-0.3, -0.25) is 9.59 Å². The number of nitrogens with zero attached hydrogens (tertiary/aromatic N) is 1. The Morgan fingerprint density at radius 3 is 2.42 bits per heavy atom. The first-order valence-corrected chi connectivity index (χ1v) is 13.6. The van der Waals surface area contributed by atoms with Gasteiger partial charge in [0.1, 0.15) is 17.8 Å². The number of hydrogen-bond donors (Lipinski definition) is 2. The Kier molecular flexibility index (Phi) is 8.72. The molecule has 3 amide bonds. The summed E-state index contributed by atoms with van der Waals surface area (Å²) in [6.45, 7) is 8.68. The summed E-state index contributed by atoms with van der Waals surface area (Å²) in [7, 11) is 1.42. The fourth-order valence-corrected chi connectivity index (χ4v) is 5.09. The molecule has 2 aliphatic rings. The van der Waals surface area contributed by atoms with Gasteiger partial charge in [-0.25, -0.2) is 9.18 Å². The number of carbonyl (C=O) groups is 3. The smallest absolute Gasteiger partial charge is 0.409 e. The quantitative estimate of drug-likeness (QED) is 0.496. The molecule has 2 aromatic carbocycles. The topological polar surface area (TPSA) is 106 Å². The maximum Gasteiger partial charge on any atom is 0.409 e. The Morgan fingerprint density at radius 2 is 1.80 bits per heavy atom. The molecule has 0 bridgehead atoms. The van der Waals surface area contributed by atoms with E-state index in [9.17, 15) is 18.8 Å². The van der Waals surface area contributed by atoms with Gasteiger partial charge in [0, 0.05) is 26.1 Å². The monoisotopic (exact) mass is 575 g/mol. The molecule has 216 valence electrons. The van der Waals surface area contributed by atoms with Gasteiger partial charge in [0.2, 0.25) is 5.91 Å². The minimum Gasteiger partial charge on any atom is -0.449 e. The lowest BCUT2D eigenvalue weighted by Gasteiger charge is -2.49. The molecule has 0 saturated carbocycles. The van der Waals surface area contributed by atoms with E-state index in [-0.39, 0.29) is 47.8 Å². The summed E-state index contributed by atoms with van der Waals surface area (Å²) in [4.78, 5) is 40.9. The SMILES string of the molecule is CNC(=O)c1cc(Cl)c(F)cc1NC(=O)C1(c2ccccc2C(C)C)CN(C(=O)OCC2COC(C)(C)OC2)C1. The van der Waals surface area contributed by atoms with Gasteiger partial charge in [-0.05, 0) is 43.0 Å². The Balaban J connectivity index is 1.57. The van der Waals surface area contributed by atoms with Crippen LogP contribution in [0, 0.1) is 11.7 Å². The lowest BCUT2D eigenvalue weighted by molar-refractivity contribution is -0.265. The van der Waals surface area contributed by atoms with Gasteiger partial charge in [-0.15, -0.1) is 0 Å². The molecule has 2 heterocycles. The zero-order chi connectivity index (χ0) is 29.2. The minimum atomic E-state index is -1.16. The number of anilines is 1. The van der Waals surface area contributed by atoms with Crippen LogP contribution in [0.1, 0.15) is 55.1 Å². The molecular formula is C29H35ClFN3O6. The second-order valence-corrected chi connectivity index (χ2v) is 11.4. The Bertz CT molecular complexity index is 1280. The fraction of sp³-hybridized carbons (Fsp3) is 0.483. The summed E-state index contributed by atoms with van der Waals surface area (Å²) in [5.74, 6) is -2.47. The van der Waals surface area contributed by atoms with Gasteiger partial charge >= 0.3 is 6.09 Å². The van der Waals surface area contributed by atoms with Crippen molar-refractivity contribution in [2.75, 3.05) is 45.3 Å². The van der Waals surface area contributed by atoms with Crippen LogP contribution in [0.5, 0.6) is 0 Å². The van der Waals surface area contributed by atoms with E-state index in [4.69, 9.17) is 25.8 Å². The zero-order valence-corrected chi connectivity index (χ0v) is 24.1. The first kappa shape index (κ1) is 29.8. The Morgan fingerprint density at radius 1 is 1.15 bits per heavy atom. The molecule has 4 rings (SSSR count). The molecule has 2 aliphatic heterocycles. The van der Waals surface area contributed by atoms with Crippen molar-refractivity contribution in [3.05, 3.63) is 63.9 Å². The number of carbonyl (C=O) groups excluding carboxylic acids is 3. The third kappa shape index (κ3) is 6.09. The first-order chi connectivity index (χ1) is 18.9. The van der Waals surface area contributed by atoms with Gasteiger partial charge in [0.25, 0.3) is 5.91 Å². The average Bonchev–Trinajstić information content (AvgIpc) is 2.89. The number of halogens is 2. The summed E-state index contributed by atoms with van der Waals surface area (Å²) in [5, 5.41) is 4.97. The number of nitrogens with one attached hydrogen (secondary N) is 2. The van der Waals surface area contributed by atoms with Crippen molar-refractivity contribution >= 4 is 35.2 Å². The van der Waals surface area contributed by atoms with Crippen LogP contribution in [0.25, 0.3) is 0 Å². The largest absolute Gasteiger partial charge is 0.449 e. The van der Waals surface area contributed by atoms with E-state index in [1.807, 2.05) is 52.0 Å². The average molecular weight is 576 g/mol. The van der Waals surface area contributed by atoms with E-state index in [0.29, 0.717) is 13.2 Å². The minimum absolute atomic E-state index is 0.0187. The Labute approximate surface area is 238 Å². The second kappa shape index (κ2) is 11.7. The highest BCUT2D eigenvalue weighted by atomic mass is 35.5. The van der Waals surface area contributed by atoms with Crippen molar-refractivity contribution < 1.29 is 33.0 Å². The van der Waals surface area contributed by atoms with Gasteiger partial charge in [0.15, 0.2) is 5.79 Å². The summed E-state index contributed by atoms with van der Waals surface area (Å²) < 4.78 is 31.2. The lowest BCUT2D eigenvalue weighted by Crippen LogP contribution is -2.66. The third-order valence-electron chi connectivity index (χ3n) is 7.27. The highest BCUT2D eigenvalue weighted by molar-refractivity contribution is 6.31. The van der Waals surface area contributed by atoms with E-state index in [0.717, 1.165) is 17.2 Å². The second-order valence-electron chi connectivity index (χ2n) is 11.0. The van der Waals surface area contributed by atoms with E-state index < -0.39 is 34.9 Å². The molecule has 0 aliphatic carbocycles. The van der Waals surface area contributed by atoms with Crippen molar-refractivity contribution in [1.82, 2.24) is 10.2 Å². The van der Waals surface area contributed by atoms with Gasteiger partial charge in [0.05, 0.1) is 29.5 Å². The van der Waals surface area contributed by atoms with Crippen LogP contribution in [0.15, 0.2) is 36.4 Å². The van der Waals surface area contributed by atoms with Crippen molar-refractivity contribution in [2.45, 2.75) is 44.8 Å². The molecule has 40 heavy (non-hydrogen) atoms. The summed E-state index contributed by atoms with van der Waals surface area (Å²) in [6, 6.07) is 9.72. The highest BCUT2D eigenvalue weighted by Gasteiger charge is 2.54. The number of likely N-dealkylation sites (tertiary alicyclic amines) is 1. The molecular weight excluding hydrogens is 541 g/mol. The summed E-state index contributed by atoms with van der Waals surface area (Å²) in [6.07, 6.45) is -0.557. The number of benzene rings is 2. The molecule has 11 heteroatoms. The maximum atomic E-state index is 14.4. The maximum absolute atomic E-state index is 14.4. The molecule has 0 unspecified atom stereocenters. The van der Waals surface area contributed by atoms with Crippen LogP contribution in [-0.4, -0.2) is 68.6 Å². The predicted molar refractivity (Wildman–Crippen MR) is 148 cm³/mol. The van der Waals surface area contributed by atoms with Crippen LogP contribution in [0.2, 0.25) is 5.02 Å². The van der Waals surface area contributed by atoms with E-state index in [1.54, 1.807) is 0 Å². The number of rotatable bonds is 7. The van der Waals surface area contributed by atoms with Gasteiger partial charge in [-0.1, -0.05) is 49.7 Å². The van der Waals surface area contributed by atoms with Crippen molar-refractivity contribution in [1.29, 1.82) is 0 Å². The fourth-order valence-electron chi connectivity index (χ4n) is 4.93. The van der Waals surface area contributed by atoms with Crippen LogP contribution in [0.4, 0.5) is 14.9 Å². The predicted octanol–water partition coefficient (Wildman–Crippen LogP) is 4.69. The van der Waals surface area contributed by atoms with Crippen LogP contribution >= 0.6 is 11.6 Å². The molecule has 0 spiro atoms. The zero-order valence-electron chi connectivity index (χ0n) is 23.3. The molecule has 0 atom stereocenters. The molecule has 2 aromatic rings. The molecule has 0 aromatic heterocycles. The van der Waals surface area contributed by atoms with E-state index in [1.165, 1.54) is 18.0 Å². The van der Waals surface area contributed by atoms with E-state index >= 15 is 0 Å². The lowest BCUT2D eigenvalue weighted by atomic mass is 9.70. The molecule has 2 N–H and O–H groups in total. The number of ether oxygens (including phenoxy) is 3. The summed E-state index contributed by atoms with van der Waals surface area (Å²) in [5.41, 5.74) is 0.536.